The lowest BCUT2D eigenvalue weighted by atomic mass is 10.1. The van der Waals surface area contributed by atoms with Crippen LogP contribution in [0.1, 0.15) is 40.9 Å². The van der Waals surface area contributed by atoms with Gasteiger partial charge in [0.05, 0.1) is 13.1 Å². The van der Waals surface area contributed by atoms with Crippen LogP contribution in [0.4, 0.5) is 5.69 Å². The normalized spacial score (nSPS) is 12.8. The van der Waals surface area contributed by atoms with Gasteiger partial charge in [0.15, 0.2) is 5.78 Å². The van der Waals surface area contributed by atoms with Crippen molar-refractivity contribution in [2.24, 2.45) is 0 Å². The summed E-state index contributed by atoms with van der Waals surface area (Å²) in [5.41, 5.74) is 4.58. The average molecular weight is 466 g/mol. The van der Waals surface area contributed by atoms with E-state index in [0.29, 0.717) is 37.4 Å². The first-order valence-corrected chi connectivity index (χ1v) is 11.7. The molecule has 2 aromatic carbocycles. The molecule has 0 aromatic heterocycles. The molecule has 2 N–H and O–H groups in total. The van der Waals surface area contributed by atoms with E-state index < -0.39 is 0 Å². The number of amides is 2. The van der Waals surface area contributed by atoms with Crippen LogP contribution in [0.25, 0.3) is 0 Å². The van der Waals surface area contributed by atoms with Crippen molar-refractivity contribution in [2.75, 3.05) is 44.7 Å². The van der Waals surface area contributed by atoms with E-state index >= 15 is 0 Å². The quantitative estimate of drug-likeness (QED) is 0.391. The molecule has 2 amide bonds. The minimum absolute atomic E-state index is 0.0200. The van der Waals surface area contributed by atoms with Crippen LogP contribution in [0, 0.1) is 6.92 Å². The van der Waals surface area contributed by atoms with Crippen LogP contribution in [0.3, 0.4) is 0 Å². The van der Waals surface area contributed by atoms with E-state index in [-0.39, 0.29) is 30.7 Å². The average Bonchev–Trinajstić information content (AvgIpc) is 3.25. The zero-order chi connectivity index (χ0) is 24.7. The molecule has 0 saturated heterocycles. The van der Waals surface area contributed by atoms with Gasteiger partial charge in [-0.3, -0.25) is 19.4 Å². The fraction of sp³-hybridized carbons (Fsp3) is 0.423. The molecule has 3 rings (SSSR count). The molecule has 1 aliphatic heterocycles. The van der Waals surface area contributed by atoms with E-state index in [2.05, 4.69) is 22.8 Å². The van der Waals surface area contributed by atoms with Gasteiger partial charge in [-0.05, 0) is 43.1 Å². The second-order valence-electron chi connectivity index (χ2n) is 8.63. The Balaban J connectivity index is 1.75. The second kappa shape index (κ2) is 11.8. The topological polar surface area (TPSA) is 85.0 Å². The van der Waals surface area contributed by atoms with E-state index in [9.17, 15) is 14.4 Å². The van der Waals surface area contributed by atoms with Crippen molar-refractivity contribution in [3.8, 4) is 0 Å². The van der Waals surface area contributed by atoms with Crippen molar-refractivity contribution in [3.05, 3.63) is 64.7 Å². The molecule has 8 nitrogen and oxygen atoms in total. The summed E-state index contributed by atoms with van der Waals surface area (Å²) in [4.78, 5) is 39.7. The van der Waals surface area contributed by atoms with Crippen LogP contribution >= 0.6 is 0 Å². The van der Waals surface area contributed by atoms with E-state index in [1.54, 1.807) is 29.1 Å². The fourth-order valence-electron chi connectivity index (χ4n) is 4.04. The van der Waals surface area contributed by atoms with Crippen molar-refractivity contribution >= 4 is 23.3 Å². The molecule has 0 unspecified atom stereocenters. The molecule has 0 saturated carbocycles. The van der Waals surface area contributed by atoms with Gasteiger partial charge in [-0.25, -0.2) is 5.01 Å². The molecule has 2 aromatic rings. The van der Waals surface area contributed by atoms with Crippen molar-refractivity contribution in [3.63, 3.8) is 0 Å². The maximum atomic E-state index is 13.3. The Morgan fingerprint density at radius 2 is 1.68 bits per heavy atom. The standard InChI is InChI=1S/C26H35N5O3/c1-5-27-12-13-28-25(33)17-30(24-14-21(20(3)32)11-10-19(24)2)18-26(34)29(4)31-15-22-8-6-7-9-23(22)16-31/h6-11,14,27H,5,12-13,15-18H2,1-4H3,(H,28,33). The van der Waals surface area contributed by atoms with Crippen LogP contribution in [0.5, 0.6) is 0 Å². The molecule has 0 bridgehead atoms. The molecule has 0 aliphatic carbocycles. The summed E-state index contributed by atoms with van der Waals surface area (Å²) in [6.45, 7) is 8.84. The third kappa shape index (κ3) is 6.42. The summed E-state index contributed by atoms with van der Waals surface area (Å²) >= 11 is 0. The van der Waals surface area contributed by atoms with Crippen molar-refractivity contribution in [1.82, 2.24) is 20.7 Å². The molecule has 8 heteroatoms. The predicted molar refractivity (Wildman–Crippen MR) is 133 cm³/mol. The Labute approximate surface area is 201 Å². The van der Waals surface area contributed by atoms with Crippen molar-refractivity contribution in [1.29, 1.82) is 0 Å². The van der Waals surface area contributed by atoms with Gasteiger partial charge in [0, 0.05) is 44.5 Å². The van der Waals surface area contributed by atoms with Gasteiger partial charge < -0.3 is 15.5 Å². The first-order valence-electron chi connectivity index (χ1n) is 11.7. The maximum absolute atomic E-state index is 13.3. The number of Topliss-reactive ketones (excluding diaryl/α,β-unsaturated/α-hetero) is 1. The Kier molecular flexibility index (Phi) is 8.79. The lowest BCUT2D eigenvalue weighted by molar-refractivity contribution is -0.145. The number of hydrogen-bond donors (Lipinski definition) is 2. The molecule has 182 valence electrons. The monoisotopic (exact) mass is 465 g/mol. The van der Waals surface area contributed by atoms with E-state index in [1.165, 1.54) is 18.1 Å². The summed E-state index contributed by atoms with van der Waals surface area (Å²) in [5, 5.41) is 9.71. The molecule has 0 fully saturated rings. The molecular formula is C26H35N5O3. The van der Waals surface area contributed by atoms with Gasteiger partial charge in [-0.1, -0.05) is 43.3 Å². The smallest absolute Gasteiger partial charge is 0.256 e. The van der Waals surface area contributed by atoms with E-state index in [0.717, 1.165) is 12.1 Å². The first-order chi connectivity index (χ1) is 16.3. The predicted octanol–water partition coefficient (Wildman–Crippen LogP) is 2.12. The van der Waals surface area contributed by atoms with Gasteiger partial charge >= 0.3 is 0 Å². The largest absolute Gasteiger partial charge is 0.353 e. The zero-order valence-electron chi connectivity index (χ0n) is 20.6. The summed E-state index contributed by atoms with van der Waals surface area (Å²) in [6, 6.07) is 13.6. The minimum atomic E-state index is -0.172. The highest BCUT2D eigenvalue weighted by atomic mass is 16.2. The Morgan fingerprint density at radius 3 is 2.29 bits per heavy atom. The number of benzene rings is 2. The minimum Gasteiger partial charge on any atom is -0.353 e. The summed E-state index contributed by atoms with van der Waals surface area (Å²) in [5.74, 6) is -0.356. The summed E-state index contributed by atoms with van der Waals surface area (Å²) < 4.78 is 0. The summed E-state index contributed by atoms with van der Waals surface area (Å²) in [7, 11) is 1.77. The van der Waals surface area contributed by atoms with Gasteiger partial charge in [-0.2, -0.15) is 0 Å². The molecule has 1 heterocycles. The van der Waals surface area contributed by atoms with Crippen molar-refractivity contribution < 1.29 is 14.4 Å². The number of rotatable bonds is 11. The lowest BCUT2D eigenvalue weighted by Crippen LogP contribution is -2.48. The molecule has 1 aliphatic rings. The molecule has 0 atom stereocenters. The number of carbonyl (C=O) groups is 3. The highest BCUT2D eigenvalue weighted by Gasteiger charge is 2.27. The third-order valence-corrected chi connectivity index (χ3v) is 6.10. The van der Waals surface area contributed by atoms with Crippen LogP contribution < -0.4 is 15.5 Å². The first kappa shape index (κ1) is 25.4. The number of likely N-dealkylation sites (N-methyl/N-ethyl adjacent to an activating group) is 2. The fourth-order valence-corrected chi connectivity index (χ4v) is 4.04. The Bertz CT molecular complexity index is 1010. The maximum Gasteiger partial charge on any atom is 0.256 e. The van der Waals surface area contributed by atoms with Gasteiger partial charge in [-0.15, -0.1) is 0 Å². The number of hydrazine groups is 1. The number of ketones is 1. The van der Waals surface area contributed by atoms with E-state index in [4.69, 9.17) is 0 Å². The number of anilines is 1. The van der Waals surface area contributed by atoms with E-state index in [1.807, 2.05) is 37.1 Å². The number of aryl methyl sites for hydroxylation is 1. The van der Waals surface area contributed by atoms with Gasteiger partial charge in [0.1, 0.15) is 0 Å². The van der Waals surface area contributed by atoms with Crippen LogP contribution in [-0.2, 0) is 22.7 Å². The molecule has 0 radical (unpaired) electrons. The van der Waals surface area contributed by atoms with Crippen LogP contribution in [-0.4, -0.2) is 67.4 Å². The highest BCUT2D eigenvalue weighted by molar-refractivity contribution is 5.96. The number of nitrogens with zero attached hydrogens (tertiary/aromatic N) is 3. The van der Waals surface area contributed by atoms with Crippen LogP contribution in [0.2, 0.25) is 0 Å². The SMILES string of the molecule is CCNCCNC(=O)CN(CC(=O)N(C)N1Cc2ccccc2C1)c1cc(C(C)=O)ccc1C. The third-order valence-electron chi connectivity index (χ3n) is 6.10. The molecular weight excluding hydrogens is 430 g/mol. The Morgan fingerprint density at radius 1 is 1.00 bits per heavy atom. The molecule has 0 spiro atoms. The Hall–Kier alpha value is -3.23. The van der Waals surface area contributed by atoms with Gasteiger partial charge in [0.25, 0.3) is 5.91 Å². The number of nitrogens with one attached hydrogen (secondary N) is 2. The highest BCUT2D eigenvalue weighted by Crippen LogP contribution is 2.25. The van der Waals surface area contributed by atoms with Crippen molar-refractivity contribution in [2.45, 2.75) is 33.9 Å². The molecule has 34 heavy (non-hydrogen) atoms. The number of hydrogen-bond acceptors (Lipinski definition) is 6. The second-order valence-corrected chi connectivity index (χ2v) is 8.63. The zero-order valence-corrected chi connectivity index (χ0v) is 20.6. The summed E-state index contributed by atoms with van der Waals surface area (Å²) in [6.07, 6.45) is 0. The lowest BCUT2D eigenvalue weighted by Gasteiger charge is -2.32. The van der Waals surface area contributed by atoms with Gasteiger partial charge in [0.2, 0.25) is 5.91 Å². The number of carbonyl (C=O) groups excluding carboxylic acids is 3. The van der Waals surface area contributed by atoms with Crippen LogP contribution in [0.15, 0.2) is 42.5 Å². The number of fused-ring (bicyclic) bond motifs is 1.